The maximum absolute atomic E-state index is 12.0. The second-order valence-electron chi connectivity index (χ2n) is 5.18. The monoisotopic (exact) mass is 298 g/mol. The largest absolute Gasteiger partial charge is 0.506 e. The van der Waals surface area contributed by atoms with Gasteiger partial charge in [-0.1, -0.05) is 18.2 Å². The van der Waals surface area contributed by atoms with Gasteiger partial charge in [0.05, 0.1) is 5.69 Å². The third-order valence-corrected chi connectivity index (χ3v) is 3.46. The van der Waals surface area contributed by atoms with Crippen LogP contribution in [-0.2, 0) is 9.59 Å². The van der Waals surface area contributed by atoms with Crippen molar-refractivity contribution in [3.8, 4) is 5.75 Å². The van der Waals surface area contributed by atoms with Crippen molar-refractivity contribution in [1.82, 2.24) is 0 Å². The molecule has 3 N–H and O–H groups in total. The second kappa shape index (κ2) is 6.30. The molecule has 0 aliphatic rings. The topological polar surface area (TPSA) is 78.4 Å². The number of amides is 2. The lowest BCUT2D eigenvalue weighted by molar-refractivity contribution is -0.133. The van der Waals surface area contributed by atoms with Gasteiger partial charge in [0.25, 0.3) is 0 Å². The number of carbonyl (C=O) groups excluding carboxylic acids is 2. The van der Waals surface area contributed by atoms with Crippen LogP contribution in [0.1, 0.15) is 16.7 Å². The molecule has 0 aromatic heterocycles. The van der Waals surface area contributed by atoms with Gasteiger partial charge in [-0.3, -0.25) is 9.59 Å². The Balaban J connectivity index is 2.09. The quantitative estimate of drug-likeness (QED) is 0.589. The fourth-order valence-electron chi connectivity index (χ4n) is 1.99. The number of phenolic OH excluding ortho intramolecular Hbond substituents is 1. The van der Waals surface area contributed by atoms with Gasteiger partial charge in [-0.05, 0) is 55.7 Å². The lowest BCUT2D eigenvalue weighted by Crippen LogP contribution is -2.29. The fourth-order valence-corrected chi connectivity index (χ4v) is 1.99. The highest BCUT2D eigenvalue weighted by atomic mass is 16.3. The fraction of sp³-hybridized carbons (Fsp3) is 0.176. The smallest absolute Gasteiger partial charge is 0.314 e. The predicted octanol–water partition coefficient (Wildman–Crippen LogP) is 2.89. The molecule has 0 fully saturated rings. The van der Waals surface area contributed by atoms with Gasteiger partial charge in [0.2, 0.25) is 0 Å². The standard InChI is InChI=1S/C17H18N2O3/c1-10-7-8-14(15(20)9-10)19-17(22)16(21)18-13-6-4-5-11(2)12(13)3/h4-9,20H,1-3H3,(H,18,21)(H,19,22). The van der Waals surface area contributed by atoms with Gasteiger partial charge in [0.1, 0.15) is 5.75 Å². The Morgan fingerprint density at radius 1 is 0.909 bits per heavy atom. The number of anilines is 2. The van der Waals surface area contributed by atoms with Crippen LogP contribution in [0.4, 0.5) is 11.4 Å². The minimum atomic E-state index is -0.833. The molecule has 114 valence electrons. The van der Waals surface area contributed by atoms with Crippen molar-refractivity contribution < 1.29 is 14.7 Å². The Kier molecular flexibility index (Phi) is 4.46. The van der Waals surface area contributed by atoms with Crippen molar-refractivity contribution in [3.05, 3.63) is 53.1 Å². The number of nitrogens with one attached hydrogen (secondary N) is 2. The number of hydrogen-bond donors (Lipinski definition) is 3. The van der Waals surface area contributed by atoms with Crippen LogP contribution in [0.5, 0.6) is 5.75 Å². The number of carbonyl (C=O) groups is 2. The Labute approximate surface area is 129 Å². The zero-order valence-corrected chi connectivity index (χ0v) is 12.7. The summed E-state index contributed by atoms with van der Waals surface area (Å²) in [6, 6.07) is 10.3. The van der Waals surface area contributed by atoms with E-state index in [9.17, 15) is 14.7 Å². The molecular weight excluding hydrogens is 280 g/mol. The number of aromatic hydroxyl groups is 1. The van der Waals surface area contributed by atoms with Gasteiger partial charge < -0.3 is 15.7 Å². The van der Waals surface area contributed by atoms with Crippen LogP contribution in [0.25, 0.3) is 0 Å². The molecule has 5 heteroatoms. The normalized spacial score (nSPS) is 10.1. The van der Waals surface area contributed by atoms with Crippen molar-refractivity contribution in [2.45, 2.75) is 20.8 Å². The van der Waals surface area contributed by atoms with E-state index in [-0.39, 0.29) is 11.4 Å². The molecule has 0 saturated heterocycles. The highest BCUT2D eigenvalue weighted by Gasteiger charge is 2.16. The van der Waals surface area contributed by atoms with Crippen LogP contribution in [0.2, 0.25) is 0 Å². The molecular formula is C17H18N2O3. The summed E-state index contributed by atoms with van der Waals surface area (Å²) in [5, 5.41) is 14.7. The van der Waals surface area contributed by atoms with Gasteiger partial charge in [0, 0.05) is 5.69 Å². The van der Waals surface area contributed by atoms with E-state index in [1.807, 2.05) is 32.9 Å². The van der Waals surface area contributed by atoms with Crippen LogP contribution in [0.3, 0.4) is 0 Å². The molecule has 2 rings (SSSR count). The molecule has 0 bridgehead atoms. The Bertz CT molecular complexity index is 739. The maximum Gasteiger partial charge on any atom is 0.314 e. The van der Waals surface area contributed by atoms with E-state index < -0.39 is 11.8 Å². The molecule has 2 aromatic carbocycles. The summed E-state index contributed by atoms with van der Waals surface area (Å²) in [4.78, 5) is 23.9. The third kappa shape index (κ3) is 3.44. The van der Waals surface area contributed by atoms with Crippen LogP contribution in [0, 0.1) is 20.8 Å². The van der Waals surface area contributed by atoms with E-state index in [0.29, 0.717) is 5.69 Å². The van der Waals surface area contributed by atoms with E-state index in [0.717, 1.165) is 16.7 Å². The van der Waals surface area contributed by atoms with Gasteiger partial charge in [-0.15, -0.1) is 0 Å². The van der Waals surface area contributed by atoms with Crippen LogP contribution in [-0.4, -0.2) is 16.9 Å². The lowest BCUT2D eigenvalue weighted by atomic mass is 10.1. The lowest BCUT2D eigenvalue weighted by Gasteiger charge is -2.11. The van der Waals surface area contributed by atoms with Crippen LogP contribution < -0.4 is 10.6 Å². The van der Waals surface area contributed by atoms with Crippen LogP contribution in [0.15, 0.2) is 36.4 Å². The molecule has 0 spiro atoms. The van der Waals surface area contributed by atoms with Crippen molar-refractivity contribution >= 4 is 23.2 Å². The van der Waals surface area contributed by atoms with Crippen LogP contribution >= 0.6 is 0 Å². The number of rotatable bonds is 2. The molecule has 0 atom stereocenters. The maximum atomic E-state index is 12.0. The number of aryl methyl sites for hydroxylation is 2. The Hall–Kier alpha value is -2.82. The number of benzene rings is 2. The van der Waals surface area contributed by atoms with E-state index in [1.54, 1.807) is 18.2 Å². The van der Waals surface area contributed by atoms with Gasteiger partial charge in [-0.25, -0.2) is 0 Å². The summed E-state index contributed by atoms with van der Waals surface area (Å²) in [6.07, 6.45) is 0. The van der Waals surface area contributed by atoms with Gasteiger partial charge in [0.15, 0.2) is 0 Å². The first-order valence-electron chi connectivity index (χ1n) is 6.86. The average molecular weight is 298 g/mol. The minimum absolute atomic E-state index is 0.0760. The summed E-state index contributed by atoms with van der Waals surface area (Å²) in [5.41, 5.74) is 3.58. The molecule has 0 radical (unpaired) electrons. The zero-order chi connectivity index (χ0) is 16.3. The summed E-state index contributed by atoms with van der Waals surface area (Å²) in [7, 11) is 0. The minimum Gasteiger partial charge on any atom is -0.506 e. The van der Waals surface area contributed by atoms with Crippen molar-refractivity contribution in [1.29, 1.82) is 0 Å². The first-order valence-corrected chi connectivity index (χ1v) is 6.86. The van der Waals surface area contributed by atoms with Crippen molar-refractivity contribution in [3.63, 3.8) is 0 Å². The summed E-state index contributed by atoms with van der Waals surface area (Å²) < 4.78 is 0. The summed E-state index contributed by atoms with van der Waals surface area (Å²) in [6.45, 7) is 5.61. The average Bonchev–Trinajstić information content (AvgIpc) is 2.46. The molecule has 22 heavy (non-hydrogen) atoms. The second-order valence-corrected chi connectivity index (χ2v) is 5.18. The molecule has 2 amide bonds. The van der Waals surface area contributed by atoms with Gasteiger partial charge >= 0.3 is 11.8 Å². The van der Waals surface area contributed by atoms with Crippen molar-refractivity contribution in [2.24, 2.45) is 0 Å². The number of hydrogen-bond acceptors (Lipinski definition) is 3. The summed E-state index contributed by atoms with van der Waals surface area (Å²) >= 11 is 0. The highest BCUT2D eigenvalue weighted by molar-refractivity contribution is 6.43. The van der Waals surface area contributed by atoms with Gasteiger partial charge in [-0.2, -0.15) is 0 Å². The highest BCUT2D eigenvalue weighted by Crippen LogP contribution is 2.24. The Morgan fingerprint density at radius 3 is 2.18 bits per heavy atom. The molecule has 0 heterocycles. The molecule has 5 nitrogen and oxygen atoms in total. The molecule has 0 aliphatic heterocycles. The predicted molar refractivity (Wildman–Crippen MR) is 86.0 cm³/mol. The van der Waals surface area contributed by atoms with E-state index >= 15 is 0 Å². The molecule has 0 saturated carbocycles. The molecule has 0 unspecified atom stereocenters. The third-order valence-electron chi connectivity index (χ3n) is 3.46. The van der Waals surface area contributed by atoms with Crippen molar-refractivity contribution in [2.75, 3.05) is 10.6 Å². The number of phenols is 1. The van der Waals surface area contributed by atoms with E-state index in [1.165, 1.54) is 6.07 Å². The zero-order valence-electron chi connectivity index (χ0n) is 12.7. The first-order chi connectivity index (χ1) is 10.4. The van der Waals surface area contributed by atoms with E-state index in [2.05, 4.69) is 10.6 Å². The Morgan fingerprint density at radius 2 is 1.55 bits per heavy atom. The van der Waals surface area contributed by atoms with E-state index in [4.69, 9.17) is 0 Å². The molecule has 0 aliphatic carbocycles. The first kappa shape index (κ1) is 15.6. The summed E-state index contributed by atoms with van der Waals surface area (Å²) in [5.74, 6) is -1.69. The SMILES string of the molecule is Cc1ccc(NC(=O)C(=O)Nc2cccc(C)c2C)c(O)c1. The molecule has 2 aromatic rings.